The Morgan fingerprint density at radius 3 is 2.65 bits per heavy atom. The molecule has 0 saturated heterocycles. The van der Waals surface area contributed by atoms with Crippen LogP contribution >= 0.6 is 0 Å². The van der Waals surface area contributed by atoms with Gasteiger partial charge < -0.3 is 10.5 Å². The van der Waals surface area contributed by atoms with Gasteiger partial charge in [-0.1, -0.05) is 6.07 Å². The third-order valence-corrected chi connectivity index (χ3v) is 2.48. The maximum absolute atomic E-state index is 5.61. The number of nitrogen functional groups attached to an aromatic ring is 1. The lowest BCUT2D eigenvalue weighted by molar-refractivity contribution is 0.311. The number of aryl methyl sites for hydroxylation is 1. The Morgan fingerprint density at radius 2 is 1.94 bits per heavy atom. The highest BCUT2D eigenvalue weighted by Crippen LogP contribution is 2.13. The highest BCUT2D eigenvalue weighted by molar-refractivity contribution is 5.41. The number of aromatic nitrogens is 1. The van der Waals surface area contributed by atoms with E-state index in [0.29, 0.717) is 6.61 Å². The van der Waals surface area contributed by atoms with Crippen LogP contribution in [0, 0.1) is 0 Å². The Morgan fingerprint density at radius 1 is 1.12 bits per heavy atom. The summed E-state index contributed by atoms with van der Waals surface area (Å²) in [4.78, 5) is 4.08. The van der Waals surface area contributed by atoms with Crippen LogP contribution in [0.5, 0.6) is 5.75 Å². The Labute approximate surface area is 101 Å². The average Bonchev–Trinajstić information content (AvgIpc) is 2.38. The molecule has 2 aromatic rings. The van der Waals surface area contributed by atoms with Crippen LogP contribution in [0.2, 0.25) is 0 Å². The third kappa shape index (κ3) is 3.79. The van der Waals surface area contributed by atoms with Crippen molar-refractivity contribution in [3.63, 3.8) is 0 Å². The normalized spacial score (nSPS) is 10.1. The number of nitrogens with zero attached hydrogens (tertiary/aromatic N) is 1. The van der Waals surface area contributed by atoms with Crippen LogP contribution in [0.25, 0.3) is 0 Å². The number of benzene rings is 1. The molecule has 0 unspecified atom stereocenters. The van der Waals surface area contributed by atoms with Crippen molar-refractivity contribution in [1.29, 1.82) is 0 Å². The molecule has 0 radical (unpaired) electrons. The van der Waals surface area contributed by atoms with E-state index in [1.165, 1.54) is 5.56 Å². The second-order valence-electron chi connectivity index (χ2n) is 3.88. The molecule has 2 rings (SSSR count). The fourth-order valence-corrected chi connectivity index (χ4v) is 1.58. The summed E-state index contributed by atoms with van der Waals surface area (Å²) in [6, 6.07) is 11.5. The smallest absolute Gasteiger partial charge is 0.119 e. The largest absolute Gasteiger partial charge is 0.494 e. The number of rotatable bonds is 5. The summed E-state index contributed by atoms with van der Waals surface area (Å²) in [6.07, 6.45) is 5.65. The van der Waals surface area contributed by atoms with Crippen LogP contribution in [-0.2, 0) is 6.42 Å². The SMILES string of the molecule is Nc1ccc(OCCCc2cccnc2)cc1. The molecule has 0 bridgehead atoms. The number of pyridine rings is 1. The Kier molecular flexibility index (Phi) is 3.97. The van der Waals surface area contributed by atoms with Crippen molar-refractivity contribution in [2.45, 2.75) is 12.8 Å². The van der Waals surface area contributed by atoms with Gasteiger partial charge in [-0.25, -0.2) is 0 Å². The fourth-order valence-electron chi connectivity index (χ4n) is 1.58. The van der Waals surface area contributed by atoms with Crippen LogP contribution in [-0.4, -0.2) is 11.6 Å². The van der Waals surface area contributed by atoms with Gasteiger partial charge in [0.25, 0.3) is 0 Å². The average molecular weight is 228 g/mol. The van der Waals surface area contributed by atoms with Gasteiger partial charge in [0.05, 0.1) is 6.61 Å². The zero-order chi connectivity index (χ0) is 11.9. The van der Waals surface area contributed by atoms with Gasteiger partial charge in [0, 0.05) is 18.1 Å². The molecule has 0 fully saturated rings. The standard InChI is InChI=1S/C14H16N2O/c15-13-5-7-14(8-6-13)17-10-2-4-12-3-1-9-16-11-12/h1,3,5-9,11H,2,4,10,15H2. The van der Waals surface area contributed by atoms with E-state index in [1.807, 2.05) is 36.5 Å². The van der Waals surface area contributed by atoms with E-state index in [4.69, 9.17) is 10.5 Å². The minimum atomic E-state index is 0.707. The fraction of sp³-hybridized carbons (Fsp3) is 0.214. The Hall–Kier alpha value is -2.03. The molecule has 88 valence electrons. The first kappa shape index (κ1) is 11.5. The summed E-state index contributed by atoms with van der Waals surface area (Å²) >= 11 is 0. The highest BCUT2D eigenvalue weighted by Gasteiger charge is 1.95. The van der Waals surface area contributed by atoms with Crippen LogP contribution in [0.15, 0.2) is 48.8 Å². The minimum Gasteiger partial charge on any atom is -0.494 e. The maximum Gasteiger partial charge on any atom is 0.119 e. The lowest BCUT2D eigenvalue weighted by Crippen LogP contribution is -1.99. The van der Waals surface area contributed by atoms with Crippen molar-refractivity contribution in [3.05, 3.63) is 54.4 Å². The second-order valence-corrected chi connectivity index (χ2v) is 3.88. The molecule has 3 nitrogen and oxygen atoms in total. The van der Waals surface area contributed by atoms with Crippen molar-refractivity contribution in [2.75, 3.05) is 12.3 Å². The quantitative estimate of drug-likeness (QED) is 0.632. The molecule has 1 heterocycles. The van der Waals surface area contributed by atoms with Gasteiger partial charge in [-0.15, -0.1) is 0 Å². The first-order chi connectivity index (χ1) is 8.34. The zero-order valence-corrected chi connectivity index (χ0v) is 9.67. The molecular weight excluding hydrogens is 212 g/mol. The summed E-state index contributed by atoms with van der Waals surface area (Å²) in [5.74, 6) is 0.866. The second kappa shape index (κ2) is 5.89. The molecule has 17 heavy (non-hydrogen) atoms. The van der Waals surface area contributed by atoms with E-state index in [2.05, 4.69) is 11.1 Å². The molecule has 0 atom stereocenters. The topological polar surface area (TPSA) is 48.1 Å². The molecule has 0 saturated carbocycles. The minimum absolute atomic E-state index is 0.707. The van der Waals surface area contributed by atoms with Crippen LogP contribution in [0.3, 0.4) is 0 Å². The summed E-state index contributed by atoms with van der Waals surface area (Å²) in [6.45, 7) is 0.707. The highest BCUT2D eigenvalue weighted by atomic mass is 16.5. The van der Waals surface area contributed by atoms with E-state index in [9.17, 15) is 0 Å². The predicted molar refractivity (Wildman–Crippen MR) is 68.9 cm³/mol. The first-order valence-electron chi connectivity index (χ1n) is 5.72. The number of hydrogen-bond donors (Lipinski definition) is 1. The molecule has 2 N–H and O–H groups in total. The van der Waals surface area contributed by atoms with Gasteiger partial charge >= 0.3 is 0 Å². The molecule has 1 aromatic heterocycles. The molecule has 0 amide bonds. The monoisotopic (exact) mass is 228 g/mol. The van der Waals surface area contributed by atoms with Crippen LogP contribution < -0.4 is 10.5 Å². The lowest BCUT2D eigenvalue weighted by Gasteiger charge is -2.06. The van der Waals surface area contributed by atoms with Crippen molar-refractivity contribution in [1.82, 2.24) is 4.98 Å². The zero-order valence-electron chi connectivity index (χ0n) is 9.67. The van der Waals surface area contributed by atoms with Crippen molar-refractivity contribution < 1.29 is 4.74 Å². The molecule has 1 aromatic carbocycles. The molecule has 3 heteroatoms. The van der Waals surface area contributed by atoms with Gasteiger partial charge in [0.15, 0.2) is 0 Å². The van der Waals surface area contributed by atoms with E-state index >= 15 is 0 Å². The van der Waals surface area contributed by atoms with Gasteiger partial charge in [-0.3, -0.25) is 4.98 Å². The van der Waals surface area contributed by atoms with E-state index in [-0.39, 0.29) is 0 Å². The molecule has 0 aliphatic carbocycles. The number of ether oxygens (including phenoxy) is 1. The number of anilines is 1. The van der Waals surface area contributed by atoms with Crippen LogP contribution in [0.1, 0.15) is 12.0 Å². The van der Waals surface area contributed by atoms with Crippen molar-refractivity contribution in [3.8, 4) is 5.75 Å². The summed E-state index contributed by atoms with van der Waals surface area (Å²) in [5.41, 5.74) is 7.60. The van der Waals surface area contributed by atoms with Gasteiger partial charge in [0.2, 0.25) is 0 Å². The van der Waals surface area contributed by atoms with Gasteiger partial charge in [0.1, 0.15) is 5.75 Å². The molecule has 0 spiro atoms. The van der Waals surface area contributed by atoms with Crippen molar-refractivity contribution in [2.24, 2.45) is 0 Å². The summed E-state index contributed by atoms with van der Waals surface area (Å²) in [5, 5.41) is 0. The molecule has 0 aliphatic heterocycles. The Bertz CT molecular complexity index is 440. The van der Waals surface area contributed by atoms with E-state index in [1.54, 1.807) is 6.20 Å². The van der Waals surface area contributed by atoms with E-state index < -0.39 is 0 Å². The maximum atomic E-state index is 5.61. The third-order valence-electron chi connectivity index (χ3n) is 2.48. The summed E-state index contributed by atoms with van der Waals surface area (Å²) in [7, 11) is 0. The molecule has 0 aliphatic rings. The van der Waals surface area contributed by atoms with Crippen molar-refractivity contribution >= 4 is 5.69 Å². The molecular formula is C14H16N2O. The Balaban J connectivity index is 1.71. The summed E-state index contributed by atoms with van der Waals surface area (Å²) < 4.78 is 5.61. The predicted octanol–water partition coefficient (Wildman–Crippen LogP) is 2.68. The van der Waals surface area contributed by atoms with Gasteiger partial charge in [-0.2, -0.15) is 0 Å². The van der Waals surface area contributed by atoms with E-state index in [0.717, 1.165) is 24.3 Å². The lowest BCUT2D eigenvalue weighted by atomic mass is 10.2. The number of nitrogens with two attached hydrogens (primary N) is 1. The first-order valence-corrected chi connectivity index (χ1v) is 5.72. The number of hydrogen-bond acceptors (Lipinski definition) is 3. The van der Waals surface area contributed by atoms with Gasteiger partial charge in [-0.05, 0) is 48.7 Å². The van der Waals surface area contributed by atoms with Crippen LogP contribution in [0.4, 0.5) is 5.69 Å².